The molecule has 0 bridgehead atoms. The Bertz CT molecular complexity index is 598. The van der Waals surface area contributed by atoms with E-state index in [4.69, 9.17) is 0 Å². The molecule has 1 N–H and O–H groups in total. The maximum absolute atomic E-state index is 11.5. The molecule has 1 heterocycles. The Balaban J connectivity index is 2.11. The van der Waals surface area contributed by atoms with Gasteiger partial charge in [0.2, 0.25) is 5.91 Å². The Kier molecular flexibility index (Phi) is 4.37. The minimum absolute atomic E-state index is 0.114. The highest BCUT2D eigenvalue weighted by Crippen LogP contribution is 2.23. The third-order valence-electron chi connectivity index (χ3n) is 2.83. The third-order valence-corrected chi connectivity index (χ3v) is 3.26. The lowest BCUT2D eigenvalue weighted by atomic mass is 10.2. The average Bonchev–Trinajstić information content (AvgIpc) is 2.38. The van der Waals surface area contributed by atoms with Crippen molar-refractivity contribution in [2.45, 2.75) is 6.42 Å². The molecule has 0 fully saturated rings. The van der Waals surface area contributed by atoms with E-state index in [1.807, 2.05) is 24.3 Å². The van der Waals surface area contributed by atoms with Gasteiger partial charge in [-0.25, -0.2) is 0 Å². The topological polar surface area (TPSA) is 45.2 Å². The highest BCUT2D eigenvalue weighted by atomic mass is 79.9. The van der Waals surface area contributed by atoms with Gasteiger partial charge in [-0.3, -0.25) is 9.78 Å². The predicted molar refractivity (Wildman–Crippen MR) is 81.2 cm³/mol. The van der Waals surface area contributed by atoms with Crippen LogP contribution in [0, 0.1) is 0 Å². The Morgan fingerprint density at radius 3 is 2.95 bits per heavy atom. The minimum Gasteiger partial charge on any atom is -0.383 e. The highest BCUT2D eigenvalue weighted by molar-refractivity contribution is 9.10. The summed E-state index contributed by atoms with van der Waals surface area (Å²) in [4.78, 5) is 17.5. The van der Waals surface area contributed by atoms with Gasteiger partial charge in [0.1, 0.15) is 0 Å². The van der Waals surface area contributed by atoms with E-state index in [2.05, 4.69) is 26.2 Å². The van der Waals surface area contributed by atoms with Crippen LogP contribution in [0.4, 0.5) is 5.69 Å². The van der Waals surface area contributed by atoms with Crippen molar-refractivity contribution >= 4 is 38.4 Å². The summed E-state index contributed by atoms with van der Waals surface area (Å²) in [7, 11) is 3.53. The molecule has 1 aromatic carbocycles. The van der Waals surface area contributed by atoms with Crippen LogP contribution in [0.2, 0.25) is 0 Å². The molecule has 2 aromatic rings. The fourth-order valence-corrected chi connectivity index (χ4v) is 2.15. The molecule has 0 aliphatic carbocycles. The van der Waals surface area contributed by atoms with Crippen LogP contribution >= 0.6 is 15.9 Å². The van der Waals surface area contributed by atoms with Crippen LogP contribution in [0.15, 0.2) is 34.9 Å². The summed E-state index contributed by atoms with van der Waals surface area (Å²) in [5.74, 6) is 0.114. The molecule has 0 aliphatic heterocycles. The van der Waals surface area contributed by atoms with Crippen molar-refractivity contribution in [2.24, 2.45) is 0 Å². The number of pyridine rings is 1. The molecule has 0 radical (unpaired) electrons. The van der Waals surface area contributed by atoms with E-state index in [-0.39, 0.29) is 5.91 Å². The number of halogens is 1. The van der Waals surface area contributed by atoms with Gasteiger partial charge in [0.15, 0.2) is 0 Å². The zero-order chi connectivity index (χ0) is 13.8. The van der Waals surface area contributed by atoms with Gasteiger partial charge in [-0.05, 0) is 28.1 Å². The van der Waals surface area contributed by atoms with E-state index in [1.54, 1.807) is 25.2 Å². The van der Waals surface area contributed by atoms with Crippen LogP contribution in [0.25, 0.3) is 10.9 Å². The largest absolute Gasteiger partial charge is 0.383 e. The summed E-state index contributed by atoms with van der Waals surface area (Å²) >= 11 is 3.41. The average molecular weight is 322 g/mol. The number of carbonyl (C=O) groups is 1. The van der Waals surface area contributed by atoms with E-state index >= 15 is 0 Å². The summed E-state index contributed by atoms with van der Waals surface area (Å²) in [5.41, 5.74) is 1.87. The molecule has 0 unspecified atom stereocenters. The highest BCUT2D eigenvalue weighted by Gasteiger charge is 2.05. The van der Waals surface area contributed by atoms with Crippen molar-refractivity contribution in [3.05, 3.63) is 34.9 Å². The number of anilines is 1. The second kappa shape index (κ2) is 6.02. The van der Waals surface area contributed by atoms with E-state index in [9.17, 15) is 4.79 Å². The molecule has 1 aromatic heterocycles. The summed E-state index contributed by atoms with van der Waals surface area (Å²) in [6.45, 7) is 0.605. The molecular weight excluding hydrogens is 306 g/mol. The number of para-hydroxylation sites is 1. The second-order valence-electron chi connectivity index (χ2n) is 4.50. The molecule has 1 amide bonds. The zero-order valence-corrected chi connectivity index (χ0v) is 12.6. The smallest absolute Gasteiger partial charge is 0.223 e. The number of nitrogens with one attached hydrogen (secondary N) is 1. The minimum atomic E-state index is 0.114. The van der Waals surface area contributed by atoms with Crippen LogP contribution < -0.4 is 5.32 Å². The maximum Gasteiger partial charge on any atom is 0.223 e. The number of aromatic nitrogens is 1. The Morgan fingerprint density at radius 1 is 1.42 bits per heavy atom. The van der Waals surface area contributed by atoms with E-state index in [1.165, 1.54) is 0 Å². The van der Waals surface area contributed by atoms with Crippen molar-refractivity contribution in [2.75, 3.05) is 26.0 Å². The first kappa shape index (κ1) is 13.8. The van der Waals surface area contributed by atoms with E-state index < -0.39 is 0 Å². The molecule has 0 atom stereocenters. The zero-order valence-electron chi connectivity index (χ0n) is 11.0. The SMILES string of the molecule is CN(C)C(=O)CCNc1cccc2cc(Br)cnc12. The Hall–Kier alpha value is -1.62. The molecule has 100 valence electrons. The van der Waals surface area contributed by atoms with E-state index in [0.29, 0.717) is 13.0 Å². The van der Waals surface area contributed by atoms with Crippen LogP contribution in [0.3, 0.4) is 0 Å². The van der Waals surface area contributed by atoms with Crippen molar-refractivity contribution in [1.29, 1.82) is 0 Å². The predicted octanol–water partition coefficient (Wildman–Crippen LogP) is 2.89. The number of fused-ring (bicyclic) bond motifs is 1. The molecular formula is C14H16BrN3O. The van der Waals surface area contributed by atoms with Gasteiger partial charge in [0, 0.05) is 43.1 Å². The lowest BCUT2D eigenvalue weighted by molar-refractivity contribution is -0.128. The fraction of sp³-hybridized carbons (Fsp3) is 0.286. The number of amides is 1. The first-order valence-corrected chi connectivity index (χ1v) is 6.85. The molecule has 2 rings (SSSR count). The maximum atomic E-state index is 11.5. The summed E-state index contributed by atoms with van der Waals surface area (Å²) in [6.07, 6.45) is 2.25. The first-order chi connectivity index (χ1) is 9.08. The van der Waals surface area contributed by atoms with Gasteiger partial charge in [0.25, 0.3) is 0 Å². The lowest BCUT2D eigenvalue weighted by Gasteiger charge is -2.12. The molecule has 0 aliphatic rings. The van der Waals surface area contributed by atoms with Gasteiger partial charge >= 0.3 is 0 Å². The van der Waals surface area contributed by atoms with Gasteiger partial charge in [0.05, 0.1) is 11.2 Å². The summed E-state index contributed by atoms with van der Waals surface area (Å²) < 4.78 is 0.958. The van der Waals surface area contributed by atoms with Crippen LogP contribution in [0.1, 0.15) is 6.42 Å². The molecule has 19 heavy (non-hydrogen) atoms. The van der Waals surface area contributed by atoms with Crippen LogP contribution in [-0.2, 0) is 4.79 Å². The van der Waals surface area contributed by atoms with Crippen molar-refractivity contribution in [3.63, 3.8) is 0 Å². The van der Waals surface area contributed by atoms with Gasteiger partial charge in [-0.2, -0.15) is 0 Å². The quantitative estimate of drug-likeness (QED) is 0.941. The normalized spacial score (nSPS) is 10.5. The van der Waals surface area contributed by atoms with Gasteiger partial charge < -0.3 is 10.2 Å². The monoisotopic (exact) mass is 321 g/mol. The first-order valence-electron chi connectivity index (χ1n) is 6.06. The second-order valence-corrected chi connectivity index (χ2v) is 5.41. The number of hydrogen-bond acceptors (Lipinski definition) is 3. The Morgan fingerprint density at radius 2 is 2.21 bits per heavy atom. The van der Waals surface area contributed by atoms with Crippen molar-refractivity contribution in [1.82, 2.24) is 9.88 Å². The summed E-state index contributed by atoms with van der Waals surface area (Å²) in [5, 5.41) is 4.34. The number of rotatable bonds is 4. The lowest BCUT2D eigenvalue weighted by Crippen LogP contribution is -2.23. The Labute approximate surface area is 120 Å². The van der Waals surface area contributed by atoms with Crippen molar-refractivity contribution < 1.29 is 4.79 Å². The number of benzene rings is 1. The molecule has 5 heteroatoms. The number of nitrogens with zero attached hydrogens (tertiary/aromatic N) is 2. The standard InChI is InChI=1S/C14H16BrN3O/c1-18(2)13(19)6-7-16-12-5-3-4-10-8-11(15)9-17-14(10)12/h3-5,8-9,16H,6-7H2,1-2H3. The van der Waals surface area contributed by atoms with Crippen LogP contribution in [0.5, 0.6) is 0 Å². The molecule has 0 saturated heterocycles. The number of hydrogen-bond donors (Lipinski definition) is 1. The molecule has 4 nitrogen and oxygen atoms in total. The summed E-state index contributed by atoms with van der Waals surface area (Å²) in [6, 6.07) is 8.00. The third kappa shape index (κ3) is 3.44. The van der Waals surface area contributed by atoms with E-state index in [0.717, 1.165) is 21.1 Å². The fourth-order valence-electron chi connectivity index (χ4n) is 1.80. The van der Waals surface area contributed by atoms with Gasteiger partial charge in [-0.15, -0.1) is 0 Å². The van der Waals surface area contributed by atoms with Gasteiger partial charge in [-0.1, -0.05) is 12.1 Å². The van der Waals surface area contributed by atoms with Crippen LogP contribution in [-0.4, -0.2) is 36.4 Å². The molecule has 0 spiro atoms. The van der Waals surface area contributed by atoms with Crippen molar-refractivity contribution in [3.8, 4) is 0 Å². The molecule has 0 saturated carbocycles. The number of carbonyl (C=O) groups excluding carboxylic acids is 1.